The quantitative estimate of drug-likeness (QED) is 0.886. The lowest BCUT2D eigenvalue weighted by Gasteiger charge is -2.30. The Morgan fingerprint density at radius 3 is 2.58 bits per heavy atom. The van der Waals surface area contributed by atoms with Crippen molar-refractivity contribution in [2.75, 3.05) is 11.9 Å². The maximum Gasteiger partial charge on any atom is 0.327 e. The van der Waals surface area contributed by atoms with Gasteiger partial charge in [0.2, 0.25) is 0 Å². The number of fused-ring (bicyclic) bond motifs is 1. The van der Waals surface area contributed by atoms with Crippen LogP contribution in [0.5, 0.6) is 0 Å². The third-order valence-corrected chi connectivity index (χ3v) is 3.54. The van der Waals surface area contributed by atoms with Gasteiger partial charge in [0.05, 0.1) is 0 Å². The van der Waals surface area contributed by atoms with E-state index in [1.165, 1.54) is 4.90 Å². The molecule has 1 aromatic carbocycles. The lowest BCUT2D eigenvalue weighted by atomic mass is 10.1. The van der Waals surface area contributed by atoms with E-state index in [1.807, 2.05) is 32.0 Å². The smallest absolute Gasteiger partial charge is 0.327 e. The van der Waals surface area contributed by atoms with Crippen LogP contribution in [0.1, 0.15) is 19.4 Å². The number of aliphatic carboxylic acids is 1. The van der Waals surface area contributed by atoms with Crippen LogP contribution in [0.2, 0.25) is 0 Å². The van der Waals surface area contributed by atoms with Crippen LogP contribution in [-0.2, 0) is 11.2 Å². The van der Waals surface area contributed by atoms with Crippen molar-refractivity contribution in [3.63, 3.8) is 0 Å². The molecular weight excluding hydrogens is 244 g/mol. The van der Waals surface area contributed by atoms with Crippen LogP contribution in [0.4, 0.5) is 10.5 Å². The molecule has 1 N–H and O–H groups in total. The number of carbonyl (C=O) groups is 2. The van der Waals surface area contributed by atoms with Gasteiger partial charge < -0.3 is 10.0 Å². The molecule has 0 fully saturated rings. The second-order valence-electron chi connectivity index (χ2n) is 5.04. The number of urea groups is 1. The van der Waals surface area contributed by atoms with Crippen LogP contribution in [0.25, 0.3) is 0 Å². The second-order valence-corrected chi connectivity index (χ2v) is 5.04. The third-order valence-electron chi connectivity index (χ3n) is 3.54. The lowest BCUT2D eigenvalue weighted by molar-refractivity contribution is -0.138. The summed E-state index contributed by atoms with van der Waals surface area (Å²) in [6.07, 6.45) is 0.364. The second kappa shape index (κ2) is 4.91. The summed E-state index contributed by atoms with van der Waals surface area (Å²) in [7, 11) is 1.69. The molecule has 1 heterocycles. The first-order valence-electron chi connectivity index (χ1n) is 6.30. The molecule has 1 aliphatic rings. The Morgan fingerprint density at radius 1 is 1.37 bits per heavy atom. The van der Waals surface area contributed by atoms with Crippen molar-refractivity contribution in [1.29, 1.82) is 0 Å². The van der Waals surface area contributed by atoms with Crippen molar-refractivity contribution in [2.24, 2.45) is 0 Å². The molecular formula is C14H18N2O3. The fraction of sp³-hybridized carbons (Fsp3) is 0.429. The number of para-hydroxylation sites is 1. The van der Waals surface area contributed by atoms with E-state index >= 15 is 0 Å². The third kappa shape index (κ3) is 2.28. The van der Waals surface area contributed by atoms with Gasteiger partial charge in [-0.15, -0.1) is 0 Å². The first-order valence-corrected chi connectivity index (χ1v) is 6.30. The average Bonchev–Trinajstić information content (AvgIpc) is 2.76. The highest BCUT2D eigenvalue weighted by Crippen LogP contribution is 2.33. The first kappa shape index (κ1) is 13.4. The SMILES string of the molecule is CC(C)N(C)C(=O)N1c2ccccc2CC1C(=O)O. The molecule has 0 spiro atoms. The van der Waals surface area contributed by atoms with Crippen LogP contribution in [-0.4, -0.2) is 41.1 Å². The molecule has 0 aromatic heterocycles. The zero-order chi connectivity index (χ0) is 14.2. The number of carboxylic acid groups (broad SMARTS) is 1. The Bertz CT molecular complexity index is 513. The van der Waals surface area contributed by atoms with Crippen molar-refractivity contribution in [3.8, 4) is 0 Å². The van der Waals surface area contributed by atoms with Gasteiger partial charge in [0.25, 0.3) is 0 Å². The normalized spacial score (nSPS) is 17.5. The fourth-order valence-corrected chi connectivity index (χ4v) is 2.21. The van der Waals surface area contributed by atoms with Gasteiger partial charge >= 0.3 is 12.0 Å². The highest BCUT2D eigenvalue weighted by molar-refractivity contribution is 6.01. The van der Waals surface area contributed by atoms with E-state index in [0.717, 1.165) is 5.56 Å². The molecule has 1 aromatic rings. The first-order chi connectivity index (χ1) is 8.93. The Hall–Kier alpha value is -2.04. The maximum atomic E-state index is 12.5. The Kier molecular flexibility index (Phi) is 3.46. The summed E-state index contributed by atoms with van der Waals surface area (Å²) in [5.74, 6) is -0.971. The number of amides is 2. The van der Waals surface area contributed by atoms with Crippen LogP contribution < -0.4 is 4.90 Å². The summed E-state index contributed by atoms with van der Waals surface area (Å²) in [6.45, 7) is 3.80. The van der Waals surface area contributed by atoms with Gasteiger partial charge in [0.1, 0.15) is 6.04 Å². The molecule has 102 valence electrons. The molecule has 5 nitrogen and oxygen atoms in total. The molecule has 1 aliphatic heterocycles. The van der Waals surface area contributed by atoms with E-state index in [2.05, 4.69) is 0 Å². The van der Waals surface area contributed by atoms with E-state index < -0.39 is 12.0 Å². The van der Waals surface area contributed by atoms with Gasteiger partial charge in [-0.2, -0.15) is 0 Å². The number of hydrogen-bond donors (Lipinski definition) is 1. The summed E-state index contributed by atoms with van der Waals surface area (Å²) in [5, 5.41) is 9.31. The Morgan fingerprint density at radius 2 is 2.00 bits per heavy atom. The molecule has 0 saturated heterocycles. The van der Waals surface area contributed by atoms with Crippen molar-refractivity contribution < 1.29 is 14.7 Å². The number of carbonyl (C=O) groups excluding carboxylic acids is 1. The van der Waals surface area contributed by atoms with Crippen LogP contribution in [0.3, 0.4) is 0 Å². The summed E-state index contributed by atoms with van der Waals surface area (Å²) in [6, 6.07) is 6.28. The fourth-order valence-electron chi connectivity index (χ4n) is 2.21. The summed E-state index contributed by atoms with van der Waals surface area (Å²) in [5.41, 5.74) is 1.60. The molecule has 5 heteroatoms. The van der Waals surface area contributed by atoms with Gasteiger partial charge in [0.15, 0.2) is 0 Å². The minimum absolute atomic E-state index is 0.0229. The number of carboxylic acids is 1. The van der Waals surface area contributed by atoms with E-state index in [9.17, 15) is 14.7 Å². The van der Waals surface area contributed by atoms with Crippen molar-refractivity contribution in [1.82, 2.24) is 4.90 Å². The maximum absolute atomic E-state index is 12.5. The van der Waals surface area contributed by atoms with E-state index in [1.54, 1.807) is 18.0 Å². The predicted molar refractivity (Wildman–Crippen MR) is 72.3 cm³/mol. The minimum Gasteiger partial charge on any atom is -0.480 e. The van der Waals surface area contributed by atoms with Crippen LogP contribution in [0, 0.1) is 0 Å². The van der Waals surface area contributed by atoms with E-state index in [4.69, 9.17) is 0 Å². The van der Waals surface area contributed by atoms with Gasteiger partial charge in [-0.3, -0.25) is 4.90 Å². The van der Waals surface area contributed by atoms with Crippen LogP contribution >= 0.6 is 0 Å². The van der Waals surface area contributed by atoms with Crippen LogP contribution in [0.15, 0.2) is 24.3 Å². The molecule has 1 atom stereocenters. The zero-order valence-electron chi connectivity index (χ0n) is 11.3. The van der Waals surface area contributed by atoms with Crippen molar-refractivity contribution >= 4 is 17.7 Å². The van der Waals surface area contributed by atoms with Gasteiger partial charge in [-0.25, -0.2) is 9.59 Å². The molecule has 0 bridgehead atoms. The molecule has 0 saturated carbocycles. The van der Waals surface area contributed by atoms with E-state index in [0.29, 0.717) is 12.1 Å². The number of benzene rings is 1. The molecule has 2 rings (SSSR count). The van der Waals surface area contributed by atoms with Gasteiger partial charge in [-0.1, -0.05) is 18.2 Å². The molecule has 2 amide bonds. The number of nitrogens with zero attached hydrogens (tertiary/aromatic N) is 2. The topological polar surface area (TPSA) is 60.9 Å². The van der Waals surface area contributed by atoms with Gasteiger partial charge in [0, 0.05) is 25.2 Å². The Balaban J connectivity index is 2.39. The zero-order valence-corrected chi connectivity index (χ0v) is 11.3. The summed E-state index contributed by atoms with van der Waals surface area (Å²) < 4.78 is 0. The van der Waals surface area contributed by atoms with E-state index in [-0.39, 0.29) is 12.1 Å². The lowest BCUT2D eigenvalue weighted by Crippen LogP contribution is -2.50. The Labute approximate surface area is 112 Å². The predicted octanol–water partition coefficient (Wildman–Crippen LogP) is 1.96. The largest absolute Gasteiger partial charge is 0.480 e. The van der Waals surface area contributed by atoms with Crippen molar-refractivity contribution in [3.05, 3.63) is 29.8 Å². The standard InChI is InChI=1S/C14H18N2O3/c1-9(2)15(3)14(19)16-11-7-5-4-6-10(11)8-12(16)13(17)18/h4-7,9,12H,8H2,1-3H3,(H,17,18). The molecule has 0 aliphatic carbocycles. The number of anilines is 1. The average molecular weight is 262 g/mol. The number of hydrogen-bond acceptors (Lipinski definition) is 2. The minimum atomic E-state index is -0.971. The highest BCUT2D eigenvalue weighted by atomic mass is 16.4. The summed E-state index contributed by atoms with van der Waals surface area (Å²) in [4.78, 5) is 26.8. The summed E-state index contributed by atoms with van der Waals surface area (Å²) >= 11 is 0. The molecule has 1 unspecified atom stereocenters. The van der Waals surface area contributed by atoms with Crippen molar-refractivity contribution in [2.45, 2.75) is 32.4 Å². The highest BCUT2D eigenvalue weighted by Gasteiger charge is 2.39. The molecule has 19 heavy (non-hydrogen) atoms. The van der Waals surface area contributed by atoms with Gasteiger partial charge in [-0.05, 0) is 25.5 Å². The molecule has 0 radical (unpaired) electrons. The monoisotopic (exact) mass is 262 g/mol. The number of rotatable bonds is 2.